The molecule has 1 heterocycles. The quantitative estimate of drug-likeness (QED) is 0.669. The molecule has 0 saturated carbocycles. The van der Waals surface area contributed by atoms with E-state index in [1.165, 1.54) is 19.9 Å². The van der Waals surface area contributed by atoms with Gasteiger partial charge in [0.25, 0.3) is 0 Å². The van der Waals surface area contributed by atoms with Gasteiger partial charge in [-0.25, -0.2) is 0 Å². The molecule has 0 bridgehead atoms. The molecule has 0 saturated heterocycles. The molecule has 1 nitrogen and oxygen atoms in total. The number of aromatic nitrogens is 1. The number of benzene rings is 1. The minimum Gasteiger partial charge on any atom is -0.263 e. The predicted octanol–water partition coefficient (Wildman–Crippen LogP) is 3.15. The van der Waals surface area contributed by atoms with Crippen molar-refractivity contribution in [2.75, 3.05) is 0 Å². The van der Waals surface area contributed by atoms with Crippen molar-refractivity contribution in [3.8, 4) is 0 Å². The predicted molar refractivity (Wildman–Crippen MR) is 59.2 cm³/mol. The molecule has 1 aromatic carbocycles. The lowest BCUT2D eigenvalue weighted by molar-refractivity contribution is 1.34. The Balaban J connectivity index is 2.96. The Morgan fingerprint density at radius 3 is 2.83 bits per heavy atom. The number of fused-ring (bicyclic) bond motifs is 1. The molecule has 2 aromatic rings. The second-order valence-corrected chi connectivity index (χ2v) is 3.96. The molecule has 0 spiro atoms. The van der Waals surface area contributed by atoms with E-state index in [0.29, 0.717) is 0 Å². The van der Waals surface area contributed by atoms with Gasteiger partial charge in [-0.1, -0.05) is 18.2 Å². The molecule has 0 aliphatic heterocycles. The van der Waals surface area contributed by atoms with E-state index in [0.717, 1.165) is 0 Å². The second-order valence-electron chi connectivity index (χ2n) is 2.79. The zero-order chi connectivity index (χ0) is 8.55. The molecule has 12 heavy (non-hydrogen) atoms. The Morgan fingerprint density at radius 1 is 1.25 bits per heavy atom. The standard InChI is InChI=1S/C10H8IN/c1-7-3-2-4-8-5-12-6-9(11)10(7)8/h2-6H,1H3. The second kappa shape index (κ2) is 3.01. The van der Waals surface area contributed by atoms with Crippen LogP contribution in [-0.2, 0) is 0 Å². The molecule has 0 fully saturated rings. The molecule has 0 N–H and O–H groups in total. The van der Waals surface area contributed by atoms with Crippen LogP contribution in [0.2, 0.25) is 0 Å². The molecular weight excluding hydrogens is 261 g/mol. The first-order valence-corrected chi connectivity index (χ1v) is 4.86. The van der Waals surface area contributed by atoms with E-state index in [1.54, 1.807) is 0 Å². The highest BCUT2D eigenvalue weighted by Crippen LogP contribution is 2.22. The fraction of sp³-hybridized carbons (Fsp3) is 0.100. The number of rotatable bonds is 0. The number of hydrogen-bond donors (Lipinski definition) is 0. The van der Waals surface area contributed by atoms with Gasteiger partial charge in [0.05, 0.1) is 0 Å². The molecule has 1 aromatic heterocycles. The fourth-order valence-electron chi connectivity index (χ4n) is 1.37. The van der Waals surface area contributed by atoms with Crippen molar-refractivity contribution in [2.24, 2.45) is 0 Å². The number of halogens is 1. The van der Waals surface area contributed by atoms with Crippen LogP contribution in [0.1, 0.15) is 5.56 Å². The Bertz CT molecular complexity index is 386. The number of aryl methyl sites for hydroxylation is 1. The third kappa shape index (κ3) is 1.20. The monoisotopic (exact) mass is 269 g/mol. The number of pyridine rings is 1. The average molecular weight is 269 g/mol. The summed E-state index contributed by atoms with van der Waals surface area (Å²) in [5, 5.41) is 2.55. The topological polar surface area (TPSA) is 12.9 Å². The minimum absolute atomic E-state index is 1.22. The van der Waals surface area contributed by atoms with Crippen LogP contribution in [0.15, 0.2) is 30.6 Å². The summed E-state index contributed by atoms with van der Waals surface area (Å²) in [6, 6.07) is 6.29. The summed E-state index contributed by atoms with van der Waals surface area (Å²) < 4.78 is 1.23. The van der Waals surface area contributed by atoms with E-state index in [2.05, 4.69) is 52.7 Å². The van der Waals surface area contributed by atoms with Crippen molar-refractivity contribution in [3.05, 3.63) is 39.7 Å². The zero-order valence-corrected chi connectivity index (χ0v) is 8.87. The highest BCUT2D eigenvalue weighted by Gasteiger charge is 1.99. The number of hydrogen-bond acceptors (Lipinski definition) is 1. The maximum absolute atomic E-state index is 4.15. The summed E-state index contributed by atoms with van der Waals surface area (Å²) in [5.74, 6) is 0. The lowest BCUT2D eigenvalue weighted by Gasteiger charge is -2.02. The number of nitrogens with zero attached hydrogens (tertiary/aromatic N) is 1. The normalized spacial score (nSPS) is 10.5. The zero-order valence-electron chi connectivity index (χ0n) is 6.71. The van der Waals surface area contributed by atoms with Gasteiger partial charge >= 0.3 is 0 Å². The van der Waals surface area contributed by atoms with Gasteiger partial charge in [-0.2, -0.15) is 0 Å². The van der Waals surface area contributed by atoms with E-state index in [9.17, 15) is 0 Å². The summed E-state index contributed by atoms with van der Waals surface area (Å²) in [4.78, 5) is 4.15. The summed E-state index contributed by atoms with van der Waals surface area (Å²) in [5.41, 5.74) is 1.32. The van der Waals surface area contributed by atoms with Crippen LogP contribution in [0.25, 0.3) is 10.8 Å². The van der Waals surface area contributed by atoms with Crippen molar-refractivity contribution in [1.82, 2.24) is 4.98 Å². The molecule has 0 aliphatic carbocycles. The van der Waals surface area contributed by atoms with E-state index in [-0.39, 0.29) is 0 Å². The fourth-order valence-corrected chi connectivity index (χ4v) is 2.27. The van der Waals surface area contributed by atoms with Crippen LogP contribution in [0.5, 0.6) is 0 Å². The molecule has 2 heteroatoms. The molecule has 0 amide bonds. The first kappa shape index (κ1) is 7.98. The van der Waals surface area contributed by atoms with Crippen molar-refractivity contribution in [3.63, 3.8) is 0 Å². The maximum Gasteiger partial charge on any atom is 0.0408 e. The highest BCUT2D eigenvalue weighted by atomic mass is 127. The van der Waals surface area contributed by atoms with Crippen molar-refractivity contribution >= 4 is 33.4 Å². The Labute approximate surface area is 85.0 Å². The first-order valence-electron chi connectivity index (χ1n) is 3.78. The Kier molecular flexibility index (Phi) is 2.00. The van der Waals surface area contributed by atoms with Crippen LogP contribution in [0, 0.1) is 10.5 Å². The molecule has 0 unspecified atom stereocenters. The third-order valence-corrected chi connectivity index (χ3v) is 2.76. The molecule has 0 radical (unpaired) electrons. The van der Waals surface area contributed by atoms with Crippen LogP contribution >= 0.6 is 22.6 Å². The minimum atomic E-state index is 1.22. The average Bonchev–Trinajstić information content (AvgIpc) is 2.04. The smallest absolute Gasteiger partial charge is 0.0408 e. The van der Waals surface area contributed by atoms with E-state index in [1.807, 2.05) is 12.4 Å². The molecule has 0 atom stereocenters. The molecule has 0 aliphatic rings. The van der Waals surface area contributed by atoms with E-state index in [4.69, 9.17) is 0 Å². The SMILES string of the molecule is Cc1cccc2cncc(I)c12. The lowest BCUT2D eigenvalue weighted by atomic mass is 10.1. The summed E-state index contributed by atoms with van der Waals surface area (Å²) >= 11 is 2.32. The Morgan fingerprint density at radius 2 is 2.08 bits per heavy atom. The van der Waals surface area contributed by atoms with Gasteiger partial charge < -0.3 is 0 Å². The van der Waals surface area contributed by atoms with Gasteiger partial charge in [0.2, 0.25) is 0 Å². The maximum atomic E-state index is 4.15. The van der Waals surface area contributed by atoms with E-state index >= 15 is 0 Å². The van der Waals surface area contributed by atoms with Crippen LogP contribution in [-0.4, -0.2) is 4.98 Å². The van der Waals surface area contributed by atoms with Gasteiger partial charge in [-0.05, 0) is 35.1 Å². The highest BCUT2D eigenvalue weighted by molar-refractivity contribution is 14.1. The van der Waals surface area contributed by atoms with Crippen LogP contribution < -0.4 is 0 Å². The Hall–Kier alpha value is -0.640. The summed E-state index contributed by atoms with van der Waals surface area (Å²) in [7, 11) is 0. The van der Waals surface area contributed by atoms with Crippen molar-refractivity contribution in [1.29, 1.82) is 0 Å². The van der Waals surface area contributed by atoms with Gasteiger partial charge in [0.15, 0.2) is 0 Å². The summed E-state index contributed by atoms with van der Waals surface area (Å²) in [6.45, 7) is 2.13. The molecule has 2 rings (SSSR count). The van der Waals surface area contributed by atoms with Crippen LogP contribution in [0.3, 0.4) is 0 Å². The largest absolute Gasteiger partial charge is 0.263 e. The first-order chi connectivity index (χ1) is 5.79. The van der Waals surface area contributed by atoms with Gasteiger partial charge in [0, 0.05) is 26.7 Å². The van der Waals surface area contributed by atoms with Crippen molar-refractivity contribution < 1.29 is 0 Å². The van der Waals surface area contributed by atoms with Gasteiger partial charge in [-0.15, -0.1) is 0 Å². The lowest BCUT2D eigenvalue weighted by Crippen LogP contribution is -1.83. The third-order valence-electron chi connectivity index (χ3n) is 1.95. The molecular formula is C10H8IN. The van der Waals surface area contributed by atoms with Gasteiger partial charge in [0.1, 0.15) is 0 Å². The van der Waals surface area contributed by atoms with Gasteiger partial charge in [-0.3, -0.25) is 4.98 Å². The van der Waals surface area contributed by atoms with Crippen LogP contribution in [0.4, 0.5) is 0 Å². The summed E-state index contributed by atoms with van der Waals surface area (Å²) in [6.07, 6.45) is 3.81. The van der Waals surface area contributed by atoms with E-state index < -0.39 is 0 Å². The molecule has 60 valence electrons. The van der Waals surface area contributed by atoms with Crippen molar-refractivity contribution in [2.45, 2.75) is 6.92 Å².